The third-order valence-electron chi connectivity index (χ3n) is 18.5. The molecule has 2 aliphatic rings. The van der Waals surface area contributed by atoms with Crippen LogP contribution in [-0.4, -0.2) is 265 Å². The molecule has 109 heavy (non-hydrogen) atoms. The van der Waals surface area contributed by atoms with Crippen LogP contribution in [0.25, 0.3) is 10.9 Å². The SMILES string of the molecule is C=C(O)[C@H](CO)NC(=O)[C@H](Cc1c[nH]c2ccccc12)NC(=O)[C@@H](CC(C)C)NC(=O)[C@H](Cc1ccc(O)cc1)NC(=O)C(CCCN=C(N)N)NC(=O)C(CO)NC(=O)C(Cc1ccccc1)NC(=O)[C@H](CC1CCCCC1)NC(=O)[C@@H](CC(=O)O)NC(=O)CN1CCN(CC(=O)O)CCN(CC(=O)O)CC1.[64Cu]. The van der Waals surface area contributed by atoms with Gasteiger partial charge in [-0.1, -0.05) is 113 Å². The average molecular weight is 1570 g/mol. The molecule has 21 N–H and O–H groups in total. The largest absolute Gasteiger partial charge is 0.511 e. The number of aliphatic imine (C=N–C) groups is 1. The number of phenolic OH excluding ortho intramolecular Hbond substituents is 1. The number of aromatic nitrogens is 1. The fraction of sp³-hybridized carbons (Fsp3) is 0.521. The number of fused-ring (bicyclic) bond motifs is 1. The number of guanidine groups is 1. The number of carbonyl (C=O) groups excluding carboxylic acids is 9. The standard InChI is InChI=1S/C73H104N16O19.Cu/c1-43(2)31-53(66(102)84-57(70(106)85-59(41-90)44(3)92)35-48-37-77-51-18-11-10-17-50(48)51)80-67(103)56(34-47-20-22-49(93)23-21-47)81-65(101)52(19-12-24-76-73(74)75)79-72(108)60(42-91)86-69(105)55(33-46-15-8-5-9-16-46)82-68(104)54(32-45-13-6-4-7-14-45)83-71(107)58(36-62(95)96)78-61(94)38-87-25-27-88(39-63(97)98)29-30-89(28-26-87)40-64(99)100;/h5,8-11,15-18,20-23,37,43,45,52-60,77,90-93H,3-4,6-7,12-14,19,24-36,38-42H2,1-2H3,(H,78,94)(H,79,108)(H,80,103)(H,81,101)(H,82,104)(H,83,107)(H,84,102)(H,85,106)(H,86,105)(H,95,96)(H,97,98)(H,99,100)(H4,74,75,76);/t52?,53-,54+,55?,56+,57+,58-,59+,60?;/m1./s1/i;1+0. The zero-order chi connectivity index (χ0) is 79.0. The van der Waals surface area contributed by atoms with E-state index < -0.39 is 157 Å². The maximum atomic E-state index is 14.9. The van der Waals surface area contributed by atoms with Crippen molar-refractivity contribution in [3.63, 3.8) is 0 Å². The molecule has 1 aromatic heterocycles. The van der Waals surface area contributed by atoms with Gasteiger partial charge in [0.2, 0.25) is 53.2 Å². The number of para-hydroxylation sites is 1. The molecule has 9 amide bonds. The number of amides is 9. The predicted octanol–water partition coefficient (Wildman–Crippen LogP) is -2.05. The number of H-pyrrole nitrogens is 1. The van der Waals surface area contributed by atoms with Crippen molar-refractivity contribution >= 4 is 87.9 Å². The summed E-state index contributed by atoms with van der Waals surface area (Å²) in [6, 6.07) is 7.24. The summed E-state index contributed by atoms with van der Waals surface area (Å²) in [5.74, 6) is -13.7. The number of hydrogen-bond acceptors (Lipinski definition) is 20. The molecule has 3 aromatic carbocycles. The number of nitrogens with one attached hydrogen (secondary N) is 10. The molecule has 0 spiro atoms. The number of phenols is 1. The first-order valence-corrected chi connectivity index (χ1v) is 36.0. The van der Waals surface area contributed by atoms with Crippen molar-refractivity contribution in [1.29, 1.82) is 0 Å². The van der Waals surface area contributed by atoms with Crippen LogP contribution in [0.15, 0.2) is 102 Å². The number of carbonyl (C=O) groups is 12. The van der Waals surface area contributed by atoms with Crippen LogP contribution in [0.2, 0.25) is 0 Å². The summed E-state index contributed by atoms with van der Waals surface area (Å²) in [4.78, 5) is 178. The van der Waals surface area contributed by atoms with Gasteiger partial charge in [-0.3, -0.25) is 77.2 Å². The minimum atomic E-state index is -1.86. The van der Waals surface area contributed by atoms with E-state index in [0.717, 1.165) is 30.2 Å². The van der Waals surface area contributed by atoms with Gasteiger partial charge in [0, 0.05) is 99.2 Å². The molecule has 35 nitrogen and oxygen atoms in total. The van der Waals surface area contributed by atoms with Crippen molar-refractivity contribution in [2.45, 2.75) is 152 Å². The van der Waals surface area contributed by atoms with Crippen LogP contribution in [-0.2, 0) is 93.9 Å². The summed E-state index contributed by atoms with van der Waals surface area (Å²) in [5, 5.41) is 94.5. The van der Waals surface area contributed by atoms with E-state index in [1.165, 1.54) is 24.3 Å². The topological polar surface area (TPSA) is 545 Å². The maximum absolute atomic E-state index is 14.9. The molecule has 4 aromatic rings. The van der Waals surface area contributed by atoms with Crippen LogP contribution < -0.4 is 59.3 Å². The second kappa shape index (κ2) is 45.6. The normalized spacial score (nSPS) is 16.3. The number of hydrogen-bond donors (Lipinski definition) is 19. The Morgan fingerprint density at radius 3 is 1.48 bits per heavy atom. The number of carboxylic acid groups (broad SMARTS) is 3. The molecular weight excluding hydrogens is 1470 g/mol. The van der Waals surface area contributed by atoms with Gasteiger partial charge in [-0.05, 0) is 72.4 Å². The second-order valence-corrected chi connectivity index (χ2v) is 27.6. The van der Waals surface area contributed by atoms with Gasteiger partial charge in [0.05, 0.1) is 39.3 Å². The van der Waals surface area contributed by atoms with E-state index in [1.54, 1.807) is 83.3 Å². The fourth-order valence-corrected chi connectivity index (χ4v) is 12.8. The number of carboxylic acids is 3. The van der Waals surface area contributed by atoms with E-state index in [-0.39, 0.29) is 144 Å². The summed E-state index contributed by atoms with van der Waals surface area (Å²) in [5.41, 5.74) is 13.5. The zero-order valence-electron chi connectivity index (χ0n) is 61.1. The summed E-state index contributed by atoms with van der Waals surface area (Å²) in [6.07, 6.45) is 3.60. The summed E-state index contributed by atoms with van der Waals surface area (Å²) in [7, 11) is 0. The Labute approximate surface area is 641 Å². The van der Waals surface area contributed by atoms with Gasteiger partial charge < -0.3 is 100 Å². The number of aliphatic hydroxyl groups is 3. The molecule has 601 valence electrons. The summed E-state index contributed by atoms with van der Waals surface area (Å²) in [6.45, 7) is 4.97. The maximum Gasteiger partial charge on any atom is 0.317 e. The average Bonchev–Trinajstić information content (AvgIpc) is 1.80. The van der Waals surface area contributed by atoms with E-state index in [0.29, 0.717) is 29.5 Å². The van der Waals surface area contributed by atoms with Crippen LogP contribution in [0, 0.1) is 11.8 Å². The monoisotopic (exact) mass is 1570 g/mol. The van der Waals surface area contributed by atoms with Gasteiger partial charge in [0.25, 0.3) is 0 Å². The summed E-state index contributed by atoms with van der Waals surface area (Å²) < 4.78 is 0. The minimum absolute atomic E-state index is 0. The van der Waals surface area contributed by atoms with Crippen molar-refractivity contribution in [3.8, 4) is 5.75 Å². The Balaban J connectivity index is 0.0000213. The molecule has 1 radical (unpaired) electrons. The first-order valence-electron chi connectivity index (χ1n) is 36.0. The third-order valence-corrected chi connectivity index (χ3v) is 18.5. The molecule has 2 fully saturated rings. The number of aliphatic carboxylic acids is 3. The molecule has 1 aliphatic heterocycles. The minimum Gasteiger partial charge on any atom is -0.511 e. The van der Waals surface area contributed by atoms with Gasteiger partial charge in [-0.15, -0.1) is 0 Å². The van der Waals surface area contributed by atoms with Crippen LogP contribution in [0.1, 0.15) is 94.7 Å². The second-order valence-electron chi connectivity index (χ2n) is 27.6. The Hall–Kier alpha value is -10.2. The number of benzene rings is 3. The smallest absolute Gasteiger partial charge is 0.317 e. The molecule has 36 heteroatoms. The molecule has 1 saturated carbocycles. The molecular formula is C73H104CuN16O19. The van der Waals surface area contributed by atoms with Crippen LogP contribution >= 0.6 is 0 Å². The van der Waals surface area contributed by atoms with E-state index in [4.69, 9.17) is 11.5 Å². The summed E-state index contributed by atoms with van der Waals surface area (Å²) >= 11 is 0. The molecule has 6 rings (SSSR count). The van der Waals surface area contributed by atoms with Crippen molar-refractivity contribution in [2.75, 3.05) is 78.7 Å². The van der Waals surface area contributed by atoms with Crippen LogP contribution in [0.3, 0.4) is 0 Å². The first-order chi connectivity index (χ1) is 51.5. The number of nitrogens with zero attached hydrogens (tertiary/aromatic N) is 4. The molecule has 3 unspecified atom stereocenters. The van der Waals surface area contributed by atoms with Crippen molar-refractivity contribution in [2.24, 2.45) is 28.3 Å². The molecule has 1 saturated heterocycles. The molecule has 0 bridgehead atoms. The van der Waals surface area contributed by atoms with Gasteiger partial charge in [0.1, 0.15) is 65.9 Å². The fourth-order valence-electron chi connectivity index (χ4n) is 12.8. The quantitative estimate of drug-likeness (QED) is 0.00747. The molecule has 1 aliphatic carbocycles. The Morgan fingerprint density at radius 1 is 0.514 bits per heavy atom. The third kappa shape index (κ3) is 31.1. The van der Waals surface area contributed by atoms with Crippen molar-refractivity contribution in [1.82, 2.24) is 67.5 Å². The van der Waals surface area contributed by atoms with E-state index in [2.05, 4.69) is 64.4 Å². The van der Waals surface area contributed by atoms with Crippen LogP contribution in [0.4, 0.5) is 0 Å². The zero-order valence-corrected chi connectivity index (χ0v) is 62.0. The van der Waals surface area contributed by atoms with E-state index in [9.17, 15) is 93.3 Å². The van der Waals surface area contributed by atoms with Gasteiger partial charge in [0.15, 0.2) is 5.96 Å². The number of rotatable bonds is 42. The predicted molar refractivity (Wildman–Crippen MR) is 395 cm³/mol. The van der Waals surface area contributed by atoms with Gasteiger partial charge in [-0.25, -0.2) is 0 Å². The first kappa shape index (κ1) is 89.4. The number of aromatic hydroxyl groups is 1. The van der Waals surface area contributed by atoms with E-state index >= 15 is 0 Å². The number of nitrogens with two attached hydrogens (primary N) is 2. The number of aromatic amines is 1. The molecule has 9 atom stereocenters. The number of aliphatic hydroxyl groups excluding tert-OH is 3. The Kier molecular flexibility index (Phi) is 37.4. The van der Waals surface area contributed by atoms with Gasteiger partial charge in [-0.2, -0.15) is 0 Å². The Bertz CT molecular complexity index is 3720. The Morgan fingerprint density at radius 2 is 0.954 bits per heavy atom. The van der Waals surface area contributed by atoms with Gasteiger partial charge >= 0.3 is 17.9 Å². The van der Waals surface area contributed by atoms with E-state index in [1.807, 2.05) is 6.07 Å². The van der Waals surface area contributed by atoms with Crippen LogP contribution in [0.5, 0.6) is 5.75 Å². The van der Waals surface area contributed by atoms with Crippen molar-refractivity contribution in [3.05, 3.63) is 114 Å². The van der Waals surface area contributed by atoms with Crippen molar-refractivity contribution < 1.29 is 110 Å². The molecule has 2 heterocycles.